The highest BCUT2D eigenvalue weighted by atomic mass is 32.2. The zero-order valence-corrected chi connectivity index (χ0v) is 12.7. The molecule has 1 aliphatic heterocycles. The first-order valence-electron chi connectivity index (χ1n) is 7.00. The fraction of sp³-hybridized carbons (Fsp3) is 0.312. The van der Waals surface area contributed by atoms with Crippen LogP contribution in [0.4, 0.5) is 4.79 Å². The van der Waals surface area contributed by atoms with Crippen LogP contribution in [0.15, 0.2) is 52.0 Å². The number of rotatable bonds is 3. The molecule has 0 saturated heterocycles. The van der Waals surface area contributed by atoms with Crippen molar-refractivity contribution in [2.75, 3.05) is 12.8 Å². The summed E-state index contributed by atoms with van der Waals surface area (Å²) < 4.78 is 5.28. The van der Waals surface area contributed by atoms with Crippen molar-refractivity contribution in [3.8, 4) is 0 Å². The monoisotopic (exact) mass is 302 g/mol. The molecule has 4 nitrogen and oxygen atoms in total. The maximum Gasteiger partial charge on any atom is 0.318 e. The van der Waals surface area contributed by atoms with Gasteiger partial charge in [0.25, 0.3) is 0 Å². The molecule has 0 saturated carbocycles. The van der Waals surface area contributed by atoms with Crippen molar-refractivity contribution < 1.29 is 9.21 Å². The van der Waals surface area contributed by atoms with Crippen LogP contribution in [0.25, 0.3) is 0 Å². The van der Waals surface area contributed by atoms with Crippen LogP contribution in [0.3, 0.4) is 0 Å². The van der Waals surface area contributed by atoms with Gasteiger partial charge < -0.3 is 14.6 Å². The summed E-state index contributed by atoms with van der Waals surface area (Å²) in [6.45, 7) is 0.474. The number of urea groups is 1. The minimum Gasteiger partial charge on any atom is -0.467 e. The Balaban J connectivity index is 1.65. The molecule has 1 N–H and O–H groups in total. The van der Waals surface area contributed by atoms with E-state index in [4.69, 9.17) is 4.42 Å². The fourth-order valence-corrected chi connectivity index (χ4v) is 3.58. The summed E-state index contributed by atoms with van der Waals surface area (Å²) in [6, 6.07) is 12.0. The van der Waals surface area contributed by atoms with Gasteiger partial charge in [0.2, 0.25) is 0 Å². The molecule has 2 amide bonds. The molecule has 2 heterocycles. The summed E-state index contributed by atoms with van der Waals surface area (Å²) in [4.78, 5) is 15.2. The molecule has 1 atom stereocenters. The first kappa shape index (κ1) is 14.1. The first-order chi connectivity index (χ1) is 10.2. The van der Waals surface area contributed by atoms with Crippen LogP contribution in [-0.2, 0) is 6.54 Å². The third-order valence-corrected chi connectivity index (χ3v) is 4.70. The smallest absolute Gasteiger partial charge is 0.318 e. The lowest BCUT2D eigenvalue weighted by Gasteiger charge is -2.28. The van der Waals surface area contributed by atoms with E-state index in [2.05, 4.69) is 17.4 Å². The average Bonchev–Trinajstić information content (AvgIpc) is 3.00. The van der Waals surface area contributed by atoms with E-state index in [0.717, 1.165) is 17.9 Å². The Kier molecular flexibility index (Phi) is 4.20. The van der Waals surface area contributed by atoms with E-state index in [1.165, 1.54) is 10.5 Å². The third-order valence-electron chi connectivity index (χ3n) is 3.58. The highest BCUT2D eigenvalue weighted by Gasteiger charge is 2.23. The molecule has 5 heteroatoms. The Morgan fingerprint density at radius 3 is 3.05 bits per heavy atom. The molecule has 0 unspecified atom stereocenters. The summed E-state index contributed by atoms with van der Waals surface area (Å²) in [5, 5.41) is 3.12. The van der Waals surface area contributed by atoms with Crippen LogP contribution < -0.4 is 5.32 Å². The second-order valence-electron chi connectivity index (χ2n) is 5.11. The lowest BCUT2D eigenvalue weighted by molar-refractivity contribution is 0.198. The van der Waals surface area contributed by atoms with Gasteiger partial charge >= 0.3 is 6.03 Å². The molecule has 1 aromatic heterocycles. The Morgan fingerprint density at radius 2 is 2.24 bits per heavy atom. The van der Waals surface area contributed by atoms with E-state index in [1.807, 2.05) is 36.0 Å². The number of amides is 2. The van der Waals surface area contributed by atoms with Crippen LogP contribution in [0.1, 0.15) is 23.8 Å². The van der Waals surface area contributed by atoms with Crippen molar-refractivity contribution >= 4 is 17.8 Å². The number of nitrogens with zero attached hydrogens (tertiary/aromatic N) is 1. The molecule has 0 fully saturated rings. The van der Waals surface area contributed by atoms with Crippen LogP contribution in [0.2, 0.25) is 0 Å². The van der Waals surface area contributed by atoms with E-state index >= 15 is 0 Å². The number of hydrogen-bond acceptors (Lipinski definition) is 3. The number of carbonyl (C=O) groups is 1. The molecule has 1 aliphatic rings. The zero-order chi connectivity index (χ0) is 14.7. The largest absolute Gasteiger partial charge is 0.467 e. The minimum atomic E-state index is -0.0712. The number of nitrogens with one attached hydrogen (secondary N) is 1. The Hall–Kier alpha value is -1.88. The van der Waals surface area contributed by atoms with Crippen molar-refractivity contribution in [3.63, 3.8) is 0 Å². The van der Waals surface area contributed by atoms with Crippen molar-refractivity contribution in [1.29, 1.82) is 0 Å². The number of hydrogen-bond donors (Lipinski definition) is 1. The van der Waals surface area contributed by atoms with E-state index < -0.39 is 0 Å². The van der Waals surface area contributed by atoms with Crippen LogP contribution in [0.5, 0.6) is 0 Å². The van der Waals surface area contributed by atoms with Crippen LogP contribution in [0, 0.1) is 0 Å². The second-order valence-corrected chi connectivity index (χ2v) is 6.25. The van der Waals surface area contributed by atoms with Gasteiger partial charge in [-0.15, -0.1) is 11.8 Å². The topological polar surface area (TPSA) is 45.5 Å². The fourth-order valence-electron chi connectivity index (χ4n) is 2.46. The highest BCUT2D eigenvalue weighted by molar-refractivity contribution is 7.99. The molecule has 0 aliphatic carbocycles. The van der Waals surface area contributed by atoms with Crippen LogP contribution in [-0.4, -0.2) is 23.7 Å². The number of benzene rings is 1. The molecule has 1 aromatic carbocycles. The minimum absolute atomic E-state index is 0.0712. The summed E-state index contributed by atoms with van der Waals surface area (Å²) in [6.07, 6.45) is 2.58. The number of fused-ring (bicyclic) bond motifs is 1. The van der Waals surface area contributed by atoms with Gasteiger partial charge in [0.05, 0.1) is 18.8 Å². The predicted octanol–water partition coefficient (Wildman–Crippen LogP) is 3.66. The Labute approximate surface area is 128 Å². The molecular formula is C16H18N2O2S. The molecule has 110 valence electrons. The maximum atomic E-state index is 12.3. The molecule has 0 spiro atoms. The third kappa shape index (κ3) is 3.24. The van der Waals surface area contributed by atoms with Crippen molar-refractivity contribution in [2.24, 2.45) is 0 Å². The number of thioether (sulfide) groups is 1. The number of carbonyl (C=O) groups excluding carboxylic acids is 1. The van der Waals surface area contributed by atoms with Gasteiger partial charge in [-0.25, -0.2) is 4.79 Å². The SMILES string of the molecule is CN(Cc1ccco1)C(=O)N[C@@H]1CCSc2ccccc21. The lowest BCUT2D eigenvalue weighted by atomic mass is 10.0. The molecular weight excluding hydrogens is 284 g/mol. The highest BCUT2D eigenvalue weighted by Crippen LogP contribution is 2.35. The van der Waals surface area contributed by atoms with Gasteiger partial charge in [-0.2, -0.15) is 0 Å². The van der Waals surface area contributed by atoms with Gasteiger partial charge in [0, 0.05) is 17.7 Å². The standard InChI is InChI=1S/C16H18N2O2S/c1-18(11-12-5-4-9-20-12)16(19)17-14-8-10-21-15-7-3-2-6-13(14)15/h2-7,9,14H,8,10-11H2,1H3,(H,17,19)/t14-/m1/s1. The molecule has 0 radical (unpaired) electrons. The molecule has 21 heavy (non-hydrogen) atoms. The van der Waals surface area contributed by atoms with E-state index in [0.29, 0.717) is 6.54 Å². The van der Waals surface area contributed by atoms with Gasteiger partial charge in [-0.1, -0.05) is 18.2 Å². The molecule has 0 bridgehead atoms. The summed E-state index contributed by atoms with van der Waals surface area (Å²) >= 11 is 1.85. The summed E-state index contributed by atoms with van der Waals surface area (Å²) in [5.41, 5.74) is 1.22. The zero-order valence-electron chi connectivity index (χ0n) is 11.9. The normalized spacial score (nSPS) is 17.1. The van der Waals surface area contributed by atoms with Gasteiger partial charge in [0.1, 0.15) is 5.76 Å². The van der Waals surface area contributed by atoms with E-state index in [1.54, 1.807) is 18.2 Å². The second kappa shape index (κ2) is 6.26. The van der Waals surface area contributed by atoms with Gasteiger partial charge in [-0.05, 0) is 30.2 Å². The quantitative estimate of drug-likeness (QED) is 0.941. The number of furan rings is 1. The maximum absolute atomic E-state index is 12.3. The average molecular weight is 302 g/mol. The summed E-state index contributed by atoms with van der Waals surface area (Å²) in [5.74, 6) is 1.82. The molecule has 2 aromatic rings. The van der Waals surface area contributed by atoms with Gasteiger partial charge in [-0.3, -0.25) is 0 Å². The van der Waals surface area contributed by atoms with Gasteiger partial charge in [0.15, 0.2) is 0 Å². The Morgan fingerprint density at radius 1 is 1.38 bits per heavy atom. The van der Waals surface area contributed by atoms with E-state index in [-0.39, 0.29) is 12.1 Å². The van der Waals surface area contributed by atoms with E-state index in [9.17, 15) is 4.79 Å². The Bertz CT molecular complexity index is 612. The summed E-state index contributed by atoms with van der Waals surface area (Å²) in [7, 11) is 1.78. The van der Waals surface area contributed by atoms with Crippen molar-refractivity contribution in [2.45, 2.75) is 23.9 Å². The first-order valence-corrected chi connectivity index (χ1v) is 7.98. The van der Waals surface area contributed by atoms with Crippen molar-refractivity contribution in [3.05, 3.63) is 54.0 Å². The lowest BCUT2D eigenvalue weighted by Crippen LogP contribution is -2.39. The predicted molar refractivity (Wildman–Crippen MR) is 83.2 cm³/mol. The van der Waals surface area contributed by atoms with Crippen molar-refractivity contribution in [1.82, 2.24) is 10.2 Å². The van der Waals surface area contributed by atoms with Crippen LogP contribution >= 0.6 is 11.8 Å². The molecule has 3 rings (SSSR count).